The highest BCUT2D eigenvalue weighted by molar-refractivity contribution is 6.34. The van der Waals surface area contributed by atoms with E-state index in [2.05, 4.69) is 10.2 Å². The Morgan fingerprint density at radius 3 is 2.60 bits per heavy atom. The Morgan fingerprint density at radius 2 is 1.92 bits per heavy atom. The Labute approximate surface area is 150 Å². The van der Waals surface area contributed by atoms with Crippen molar-refractivity contribution in [3.05, 3.63) is 52.4 Å². The molecule has 2 aromatic rings. The Hall–Kier alpha value is -2.47. The third-order valence-corrected chi connectivity index (χ3v) is 4.54. The van der Waals surface area contributed by atoms with Crippen molar-refractivity contribution in [1.82, 2.24) is 5.32 Å². The van der Waals surface area contributed by atoms with Gasteiger partial charge in [-0.3, -0.25) is 4.79 Å². The third kappa shape index (κ3) is 4.14. The Bertz CT molecular complexity index is 781. The molecule has 0 radical (unpaired) electrons. The summed E-state index contributed by atoms with van der Waals surface area (Å²) >= 11 is 6.18. The third-order valence-electron chi connectivity index (χ3n) is 4.21. The number of nitrogens with zero attached hydrogens (tertiary/aromatic N) is 1. The SMILES string of the molecule is O=C(O)c1ccc(CNC(=O)c2cc(N3CCCCC3)ccc2Cl)o1. The number of benzene rings is 1. The zero-order valence-corrected chi connectivity index (χ0v) is 14.4. The first-order valence-corrected chi connectivity index (χ1v) is 8.57. The van der Waals surface area contributed by atoms with Gasteiger partial charge in [-0.1, -0.05) is 11.6 Å². The van der Waals surface area contributed by atoms with Crippen molar-refractivity contribution in [2.45, 2.75) is 25.8 Å². The van der Waals surface area contributed by atoms with E-state index in [4.69, 9.17) is 21.1 Å². The first-order chi connectivity index (χ1) is 12.0. The van der Waals surface area contributed by atoms with E-state index in [-0.39, 0.29) is 18.2 Å². The van der Waals surface area contributed by atoms with Gasteiger partial charge >= 0.3 is 5.97 Å². The van der Waals surface area contributed by atoms with Gasteiger partial charge < -0.3 is 19.7 Å². The number of hydrogen-bond acceptors (Lipinski definition) is 4. The predicted octanol–water partition coefficient (Wildman–Crippen LogP) is 3.55. The van der Waals surface area contributed by atoms with Crippen LogP contribution in [0.2, 0.25) is 5.02 Å². The second kappa shape index (κ2) is 7.61. The first kappa shape index (κ1) is 17.4. The summed E-state index contributed by atoms with van der Waals surface area (Å²) in [5.74, 6) is -1.25. The number of amides is 1. The summed E-state index contributed by atoms with van der Waals surface area (Å²) in [4.78, 5) is 25.5. The summed E-state index contributed by atoms with van der Waals surface area (Å²) in [5.41, 5.74) is 1.38. The van der Waals surface area contributed by atoms with Crippen LogP contribution in [0.4, 0.5) is 5.69 Å². The lowest BCUT2D eigenvalue weighted by Gasteiger charge is -2.29. The van der Waals surface area contributed by atoms with Crippen molar-refractivity contribution in [3.8, 4) is 0 Å². The van der Waals surface area contributed by atoms with E-state index in [1.54, 1.807) is 12.1 Å². The summed E-state index contributed by atoms with van der Waals surface area (Å²) < 4.78 is 5.13. The van der Waals surface area contributed by atoms with E-state index >= 15 is 0 Å². The minimum Gasteiger partial charge on any atom is -0.475 e. The zero-order valence-electron chi connectivity index (χ0n) is 13.6. The van der Waals surface area contributed by atoms with Crippen LogP contribution in [0.3, 0.4) is 0 Å². The van der Waals surface area contributed by atoms with Crippen molar-refractivity contribution in [1.29, 1.82) is 0 Å². The molecule has 0 bridgehead atoms. The molecule has 0 saturated carbocycles. The summed E-state index contributed by atoms with van der Waals surface area (Å²) in [6, 6.07) is 8.34. The molecule has 0 unspecified atom stereocenters. The van der Waals surface area contributed by atoms with Crippen LogP contribution >= 0.6 is 11.6 Å². The van der Waals surface area contributed by atoms with Gasteiger partial charge in [-0.25, -0.2) is 4.79 Å². The first-order valence-electron chi connectivity index (χ1n) is 8.19. The van der Waals surface area contributed by atoms with Gasteiger partial charge in [-0.15, -0.1) is 0 Å². The van der Waals surface area contributed by atoms with Crippen molar-refractivity contribution >= 4 is 29.2 Å². The van der Waals surface area contributed by atoms with Gasteiger partial charge in [0, 0.05) is 18.8 Å². The summed E-state index contributed by atoms with van der Waals surface area (Å²) in [7, 11) is 0. The van der Waals surface area contributed by atoms with Crippen molar-refractivity contribution in [3.63, 3.8) is 0 Å². The molecule has 2 heterocycles. The second-order valence-corrected chi connectivity index (χ2v) is 6.37. The molecule has 1 aromatic carbocycles. The molecule has 0 aliphatic carbocycles. The van der Waals surface area contributed by atoms with Crippen LogP contribution < -0.4 is 10.2 Å². The average Bonchev–Trinajstić information content (AvgIpc) is 3.10. The summed E-state index contributed by atoms with van der Waals surface area (Å²) in [6.07, 6.45) is 3.53. The number of carboxylic acids is 1. The van der Waals surface area contributed by atoms with Crippen LogP contribution in [0.1, 0.15) is 45.9 Å². The standard InChI is InChI=1S/C18H19ClN2O4/c19-15-6-4-12(21-8-2-1-3-9-21)10-14(15)17(22)20-11-13-5-7-16(25-13)18(23)24/h4-7,10H,1-3,8-9,11H2,(H,20,22)(H,23,24). The molecule has 1 saturated heterocycles. The maximum Gasteiger partial charge on any atom is 0.371 e. The molecule has 0 atom stereocenters. The van der Waals surface area contributed by atoms with Crippen LogP contribution in [0, 0.1) is 0 Å². The summed E-state index contributed by atoms with van der Waals surface area (Å²) in [6.45, 7) is 2.05. The van der Waals surface area contributed by atoms with Gasteiger partial charge in [0.2, 0.25) is 5.76 Å². The molecule has 2 N–H and O–H groups in total. The number of carbonyl (C=O) groups is 2. The smallest absolute Gasteiger partial charge is 0.371 e. The van der Waals surface area contributed by atoms with Crippen molar-refractivity contribution in [2.75, 3.05) is 18.0 Å². The Morgan fingerprint density at radius 1 is 1.16 bits per heavy atom. The number of anilines is 1. The summed E-state index contributed by atoms with van der Waals surface area (Å²) in [5, 5.41) is 11.9. The number of carbonyl (C=O) groups excluding carboxylic acids is 1. The van der Waals surface area contributed by atoms with Crippen molar-refractivity contribution in [2.24, 2.45) is 0 Å². The molecule has 3 rings (SSSR count). The number of aromatic carboxylic acids is 1. The fraction of sp³-hybridized carbons (Fsp3) is 0.333. The maximum atomic E-state index is 12.4. The topological polar surface area (TPSA) is 82.8 Å². The molecule has 25 heavy (non-hydrogen) atoms. The van der Waals surface area contributed by atoms with E-state index in [1.807, 2.05) is 6.07 Å². The molecular formula is C18H19ClN2O4. The van der Waals surface area contributed by atoms with E-state index < -0.39 is 5.97 Å². The number of nitrogens with one attached hydrogen (secondary N) is 1. The fourth-order valence-corrected chi connectivity index (χ4v) is 3.09. The van der Waals surface area contributed by atoms with Gasteiger partial charge in [0.15, 0.2) is 0 Å². The average molecular weight is 363 g/mol. The normalized spacial score (nSPS) is 14.4. The number of furan rings is 1. The van der Waals surface area contributed by atoms with E-state index in [0.717, 1.165) is 31.6 Å². The zero-order chi connectivity index (χ0) is 17.8. The van der Waals surface area contributed by atoms with Gasteiger partial charge in [0.05, 0.1) is 17.1 Å². The fourth-order valence-electron chi connectivity index (χ4n) is 2.89. The van der Waals surface area contributed by atoms with Crippen LogP contribution in [0.15, 0.2) is 34.7 Å². The predicted molar refractivity (Wildman–Crippen MR) is 94.4 cm³/mol. The number of hydrogen-bond donors (Lipinski definition) is 2. The lowest BCUT2D eigenvalue weighted by molar-refractivity contribution is 0.0660. The number of rotatable bonds is 5. The lowest BCUT2D eigenvalue weighted by atomic mass is 10.1. The Balaban J connectivity index is 1.69. The van der Waals surface area contributed by atoms with Crippen LogP contribution in [0.25, 0.3) is 0 Å². The molecule has 132 valence electrons. The highest BCUT2D eigenvalue weighted by Gasteiger charge is 2.16. The van der Waals surface area contributed by atoms with Crippen LogP contribution in [-0.2, 0) is 6.54 Å². The van der Waals surface area contributed by atoms with E-state index in [0.29, 0.717) is 16.3 Å². The molecule has 7 heteroatoms. The number of halogens is 1. The lowest BCUT2D eigenvalue weighted by Crippen LogP contribution is -2.30. The molecule has 1 amide bonds. The van der Waals surface area contributed by atoms with Gasteiger partial charge in [0.1, 0.15) is 5.76 Å². The highest BCUT2D eigenvalue weighted by Crippen LogP contribution is 2.25. The van der Waals surface area contributed by atoms with E-state index in [9.17, 15) is 9.59 Å². The van der Waals surface area contributed by atoms with E-state index in [1.165, 1.54) is 18.6 Å². The minimum atomic E-state index is -1.14. The molecule has 1 aromatic heterocycles. The Kier molecular flexibility index (Phi) is 5.28. The highest BCUT2D eigenvalue weighted by atomic mass is 35.5. The monoisotopic (exact) mass is 362 g/mol. The molecular weight excluding hydrogens is 344 g/mol. The maximum absolute atomic E-state index is 12.4. The number of piperidine rings is 1. The van der Waals surface area contributed by atoms with Crippen molar-refractivity contribution < 1.29 is 19.1 Å². The second-order valence-electron chi connectivity index (χ2n) is 5.97. The molecule has 1 aliphatic rings. The van der Waals surface area contributed by atoms with Gasteiger partial charge in [-0.2, -0.15) is 0 Å². The van der Waals surface area contributed by atoms with Crippen LogP contribution in [0.5, 0.6) is 0 Å². The quantitative estimate of drug-likeness (QED) is 0.849. The molecule has 6 nitrogen and oxygen atoms in total. The van der Waals surface area contributed by atoms with Gasteiger partial charge in [-0.05, 0) is 49.6 Å². The largest absolute Gasteiger partial charge is 0.475 e. The molecule has 1 fully saturated rings. The van der Waals surface area contributed by atoms with Crippen LogP contribution in [-0.4, -0.2) is 30.1 Å². The number of carboxylic acid groups (broad SMARTS) is 1. The van der Waals surface area contributed by atoms with Gasteiger partial charge in [0.25, 0.3) is 5.91 Å². The molecule has 1 aliphatic heterocycles. The minimum absolute atomic E-state index is 0.0936. The molecule has 0 spiro atoms.